The molecule has 0 bridgehead atoms. The van der Waals surface area contributed by atoms with Crippen molar-refractivity contribution in [3.63, 3.8) is 0 Å². The molecule has 2 heterocycles. The Balaban J connectivity index is 0.00000192. The van der Waals surface area contributed by atoms with Gasteiger partial charge in [-0.15, -0.1) is 12.4 Å². The van der Waals surface area contributed by atoms with Gasteiger partial charge >= 0.3 is 0 Å². The summed E-state index contributed by atoms with van der Waals surface area (Å²) in [6, 6.07) is 2.40. The van der Waals surface area contributed by atoms with Crippen LogP contribution in [0.3, 0.4) is 0 Å². The Morgan fingerprint density at radius 3 is 2.78 bits per heavy atom. The number of halogens is 1. The number of hydrogen-bond acceptors (Lipinski definition) is 4. The van der Waals surface area contributed by atoms with Gasteiger partial charge in [-0.1, -0.05) is 0 Å². The van der Waals surface area contributed by atoms with Crippen LogP contribution in [0.15, 0.2) is 16.8 Å². The fourth-order valence-electron chi connectivity index (χ4n) is 3.48. The van der Waals surface area contributed by atoms with E-state index >= 15 is 0 Å². The third-order valence-corrected chi connectivity index (χ3v) is 5.60. The second-order valence-corrected chi connectivity index (χ2v) is 7.18. The third kappa shape index (κ3) is 4.25. The Labute approximate surface area is 147 Å². The number of rotatable bonds is 5. The van der Waals surface area contributed by atoms with E-state index in [1.54, 1.807) is 11.3 Å². The zero-order valence-corrected chi connectivity index (χ0v) is 15.0. The van der Waals surface area contributed by atoms with Crippen LogP contribution in [0.4, 0.5) is 0 Å². The van der Waals surface area contributed by atoms with Crippen molar-refractivity contribution < 1.29 is 9.59 Å². The highest BCUT2D eigenvalue weighted by Crippen LogP contribution is 2.56. The van der Waals surface area contributed by atoms with Crippen LogP contribution in [0.25, 0.3) is 0 Å². The maximum atomic E-state index is 12.6. The Hall–Kier alpha value is -1.11. The van der Waals surface area contributed by atoms with E-state index in [2.05, 4.69) is 22.1 Å². The quantitative estimate of drug-likeness (QED) is 0.844. The van der Waals surface area contributed by atoms with E-state index in [-0.39, 0.29) is 30.8 Å². The molecule has 1 saturated heterocycles. The molecule has 2 aliphatic rings. The predicted molar refractivity (Wildman–Crippen MR) is 93.7 cm³/mol. The average molecular weight is 358 g/mol. The lowest BCUT2D eigenvalue weighted by molar-refractivity contribution is -0.134. The highest BCUT2D eigenvalue weighted by atomic mass is 35.5. The molecule has 2 fully saturated rings. The number of thiophene rings is 1. The fourth-order valence-corrected chi connectivity index (χ4v) is 4.14. The molecule has 7 heteroatoms. The van der Waals surface area contributed by atoms with E-state index in [0.717, 1.165) is 32.4 Å². The van der Waals surface area contributed by atoms with E-state index < -0.39 is 0 Å². The predicted octanol–water partition coefficient (Wildman–Crippen LogP) is 1.78. The molecule has 23 heavy (non-hydrogen) atoms. The Bertz CT molecular complexity index is 544. The standard InChI is InChI=1S/C16H23N3O2S.ClH/c1-12(20)18-9-15(21)19(10-13-2-7-22-11-13)14-8-16(14)3-5-17-6-4-16;/h2,7,11,14,17H,3-6,8-10H2,1H3,(H,18,20);1H. The van der Waals surface area contributed by atoms with Crippen LogP contribution in [-0.2, 0) is 16.1 Å². The van der Waals surface area contributed by atoms with Crippen LogP contribution in [0.5, 0.6) is 0 Å². The van der Waals surface area contributed by atoms with Crippen molar-refractivity contribution >= 4 is 35.6 Å². The molecule has 1 saturated carbocycles. The van der Waals surface area contributed by atoms with Gasteiger partial charge in [-0.2, -0.15) is 11.3 Å². The third-order valence-electron chi connectivity index (χ3n) is 4.86. The summed E-state index contributed by atoms with van der Waals surface area (Å²) in [7, 11) is 0. The topological polar surface area (TPSA) is 61.4 Å². The molecule has 1 spiro atoms. The molecule has 1 unspecified atom stereocenters. The smallest absolute Gasteiger partial charge is 0.242 e. The average Bonchev–Trinajstić information content (AvgIpc) is 2.95. The lowest BCUT2D eigenvalue weighted by Crippen LogP contribution is -2.43. The number of carbonyl (C=O) groups excluding carboxylic acids is 2. The van der Waals surface area contributed by atoms with Crippen LogP contribution in [0.1, 0.15) is 31.7 Å². The van der Waals surface area contributed by atoms with Crippen LogP contribution in [0, 0.1) is 5.41 Å². The van der Waals surface area contributed by atoms with Crippen molar-refractivity contribution in [2.45, 2.75) is 38.8 Å². The Kier molecular flexibility index (Phi) is 6.06. The van der Waals surface area contributed by atoms with Crippen LogP contribution in [-0.4, -0.2) is 42.4 Å². The Morgan fingerprint density at radius 2 is 2.17 bits per heavy atom. The van der Waals surface area contributed by atoms with Gasteiger partial charge in [-0.3, -0.25) is 9.59 Å². The molecule has 0 aromatic carbocycles. The van der Waals surface area contributed by atoms with Crippen molar-refractivity contribution in [2.24, 2.45) is 5.41 Å². The number of amides is 2. The summed E-state index contributed by atoms with van der Waals surface area (Å²) in [4.78, 5) is 25.6. The van der Waals surface area contributed by atoms with Crippen molar-refractivity contribution in [1.29, 1.82) is 0 Å². The van der Waals surface area contributed by atoms with E-state index in [1.165, 1.54) is 12.5 Å². The Morgan fingerprint density at radius 1 is 1.43 bits per heavy atom. The lowest BCUT2D eigenvalue weighted by Gasteiger charge is -2.29. The van der Waals surface area contributed by atoms with Crippen molar-refractivity contribution in [2.75, 3.05) is 19.6 Å². The lowest BCUT2D eigenvalue weighted by atomic mass is 9.93. The second-order valence-electron chi connectivity index (χ2n) is 6.40. The molecular weight excluding hydrogens is 334 g/mol. The molecule has 1 aliphatic carbocycles. The van der Waals surface area contributed by atoms with Gasteiger partial charge in [0, 0.05) is 19.5 Å². The van der Waals surface area contributed by atoms with Crippen molar-refractivity contribution in [3.05, 3.63) is 22.4 Å². The summed E-state index contributed by atoms with van der Waals surface area (Å²) in [6.45, 7) is 4.29. The summed E-state index contributed by atoms with van der Waals surface area (Å²) < 4.78 is 0. The zero-order valence-electron chi connectivity index (χ0n) is 13.3. The fraction of sp³-hybridized carbons (Fsp3) is 0.625. The first-order valence-electron chi connectivity index (χ1n) is 7.86. The van der Waals surface area contributed by atoms with Gasteiger partial charge in [0.25, 0.3) is 0 Å². The van der Waals surface area contributed by atoms with Crippen LogP contribution >= 0.6 is 23.7 Å². The van der Waals surface area contributed by atoms with Gasteiger partial charge in [0.05, 0.1) is 6.54 Å². The number of piperidine rings is 1. The first-order valence-corrected chi connectivity index (χ1v) is 8.81. The molecule has 128 valence electrons. The molecule has 3 rings (SSSR count). The van der Waals surface area contributed by atoms with E-state index in [9.17, 15) is 9.59 Å². The normalized spacial score (nSPS) is 21.3. The zero-order chi connectivity index (χ0) is 15.6. The molecule has 1 atom stereocenters. The highest BCUT2D eigenvalue weighted by molar-refractivity contribution is 7.07. The molecule has 1 aromatic rings. The van der Waals surface area contributed by atoms with E-state index in [0.29, 0.717) is 18.0 Å². The minimum atomic E-state index is -0.156. The van der Waals surface area contributed by atoms with E-state index in [1.807, 2.05) is 10.3 Å². The second kappa shape index (κ2) is 7.64. The molecule has 0 radical (unpaired) electrons. The van der Waals surface area contributed by atoms with Crippen molar-refractivity contribution in [3.8, 4) is 0 Å². The minimum Gasteiger partial charge on any atom is -0.347 e. The summed E-state index contributed by atoms with van der Waals surface area (Å²) in [5.74, 6) is -0.127. The number of nitrogens with zero attached hydrogens (tertiary/aromatic N) is 1. The number of nitrogens with one attached hydrogen (secondary N) is 2. The largest absolute Gasteiger partial charge is 0.347 e. The van der Waals surface area contributed by atoms with Gasteiger partial charge in [0.1, 0.15) is 0 Å². The SMILES string of the molecule is CC(=O)NCC(=O)N(Cc1ccsc1)C1CC12CCNCC2.Cl. The minimum absolute atomic E-state index is 0. The molecule has 2 N–H and O–H groups in total. The maximum Gasteiger partial charge on any atom is 0.242 e. The molecule has 1 aromatic heterocycles. The van der Waals surface area contributed by atoms with Gasteiger partial charge < -0.3 is 15.5 Å². The summed E-state index contributed by atoms with van der Waals surface area (Å²) in [6.07, 6.45) is 3.39. The first-order chi connectivity index (χ1) is 10.6. The highest BCUT2D eigenvalue weighted by Gasteiger charge is 2.57. The summed E-state index contributed by atoms with van der Waals surface area (Å²) in [5, 5.41) is 10.2. The van der Waals surface area contributed by atoms with Gasteiger partial charge in [-0.05, 0) is 60.2 Å². The van der Waals surface area contributed by atoms with Crippen LogP contribution in [0.2, 0.25) is 0 Å². The summed E-state index contributed by atoms with van der Waals surface area (Å²) in [5.41, 5.74) is 1.49. The molecule has 1 aliphatic heterocycles. The number of carbonyl (C=O) groups is 2. The monoisotopic (exact) mass is 357 g/mol. The maximum absolute atomic E-state index is 12.6. The van der Waals surface area contributed by atoms with Gasteiger partial charge in [0.15, 0.2) is 0 Å². The summed E-state index contributed by atoms with van der Waals surface area (Å²) >= 11 is 1.65. The van der Waals surface area contributed by atoms with Crippen LogP contribution < -0.4 is 10.6 Å². The molecule has 5 nitrogen and oxygen atoms in total. The molecular formula is C16H24ClN3O2S. The van der Waals surface area contributed by atoms with Crippen molar-refractivity contribution in [1.82, 2.24) is 15.5 Å². The first kappa shape index (κ1) is 18.2. The van der Waals surface area contributed by atoms with Gasteiger partial charge in [-0.25, -0.2) is 0 Å². The van der Waals surface area contributed by atoms with E-state index in [4.69, 9.17) is 0 Å². The molecule has 2 amide bonds. The van der Waals surface area contributed by atoms with Gasteiger partial charge in [0.2, 0.25) is 11.8 Å². The number of hydrogen-bond donors (Lipinski definition) is 2.